The third kappa shape index (κ3) is 5.14. The van der Waals surface area contributed by atoms with Gasteiger partial charge in [0.05, 0.1) is 0 Å². The van der Waals surface area contributed by atoms with Gasteiger partial charge < -0.3 is 10.2 Å². The zero-order valence-electron chi connectivity index (χ0n) is 12.1. The number of likely N-dealkylation sites (tertiary alicyclic amines) is 1. The maximum atomic E-state index is 11.9. The summed E-state index contributed by atoms with van der Waals surface area (Å²) in [6.07, 6.45) is 3.81. The summed E-state index contributed by atoms with van der Waals surface area (Å²) in [6, 6.07) is 7.78. The molecule has 0 spiro atoms. The van der Waals surface area contributed by atoms with Gasteiger partial charge in [-0.05, 0) is 63.0 Å². The average molecular weight is 295 g/mol. The van der Waals surface area contributed by atoms with Crippen LogP contribution in [0.2, 0.25) is 5.02 Å². The lowest BCUT2D eigenvalue weighted by molar-refractivity contribution is -0.122. The number of halogens is 1. The van der Waals surface area contributed by atoms with Crippen molar-refractivity contribution in [3.05, 3.63) is 34.9 Å². The standard InChI is InChI=1S/C16H23ClN2O/c1-19-10-7-14(8-11-19)12-16(20)18-9-6-13-2-4-15(17)5-3-13/h2-5,14H,6-12H2,1H3,(H,18,20). The number of rotatable bonds is 5. The Kier molecular flexibility index (Phi) is 5.86. The van der Waals surface area contributed by atoms with Crippen molar-refractivity contribution in [1.29, 1.82) is 0 Å². The second-order valence-corrected chi connectivity index (χ2v) is 6.11. The zero-order chi connectivity index (χ0) is 14.4. The minimum Gasteiger partial charge on any atom is -0.356 e. The van der Waals surface area contributed by atoms with E-state index >= 15 is 0 Å². The Morgan fingerprint density at radius 1 is 1.30 bits per heavy atom. The Labute approximate surface area is 126 Å². The Bertz CT molecular complexity index is 425. The molecule has 2 rings (SSSR count). The van der Waals surface area contributed by atoms with Gasteiger partial charge in [0.1, 0.15) is 0 Å². The largest absolute Gasteiger partial charge is 0.356 e. The molecule has 3 nitrogen and oxygen atoms in total. The molecule has 0 unspecified atom stereocenters. The van der Waals surface area contributed by atoms with Gasteiger partial charge >= 0.3 is 0 Å². The van der Waals surface area contributed by atoms with Crippen molar-refractivity contribution in [1.82, 2.24) is 10.2 Å². The van der Waals surface area contributed by atoms with Crippen LogP contribution in [0.15, 0.2) is 24.3 Å². The summed E-state index contributed by atoms with van der Waals surface area (Å²) in [5, 5.41) is 3.77. The molecule has 0 saturated carbocycles. The van der Waals surface area contributed by atoms with E-state index in [2.05, 4.69) is 17.3 Å². The van der Waals surface area contributed by atoms with Crippen LogP contribution in [-0.2, 0) is 11.2 Å². The minimum atomic E-state index is 0.188. The number of benzene rings is 1. The van der Waals surface area contributed by atoms with Gasteiger partial charge in [-0.1, -0.05) is 23.7 Å². The Balaban J connectivity index is 1.64. The molecule has 1 aromatic carbocycles. The molecule has 0 atom stereocenters. The van der Waals surface area contributed by atoms with Crippen LogP contribution >= 0.6 is 11.6 Å². The minimum absolute atomic E-state index is 0.188. The maximum absolute atomic E-state index is 11.9. The van der Waals surface area contributed by atoms with Crippen LogP contribution in [0.4, 0.5) is 0 Å². The van der Waals surface area contributed by atoms with Crippen LogP contribution in [0.1, 0.15) is 24.8 Å². The second kappa shape index (κ2) is 7.65. The summed E-state index contributed by atoms with van der Waals surface area (Å²) in [5.41, 5.74) is 1.20. The summed E-state index contributed by atoms with van der Waals surface area (Å²) in [4.78, 5) is 14.2. The van der Waals surface area contributed by atoms with Crippen molar-refractivity contribution in [2.24, 2.45) is 5.92 Å². The Morgan fingerprint density at radius 3 is 2.60 bits per heavy atom. The lowest BCUT2D eigenvalue weighted by atomic mass is 9.93. The SMILES string of the molecule is CN1CCC(CC(=O)NCCc2ccc(Cl)cc2)CC1. The number of nitrogens with one attached hydrogen (secondary N) is 1. The first-order valence-electron chi connectivity index (χ1n) is 7.33. The molecule has 1 aliphatic heterocycles. The molecular weight excluding hydrogens is 272 g/mol. The number of carbonyl (C=O) groups is 1. The first-order valence-corrected chi connectivity index (χ1v) is 7.71. The third-order valence-corrected chi connectivity index (χ3v) is 4.21. The van der Waals surface area contributed by atoms with E-state index in [0.717, 1.165) is 37.4 Å². The van der Waals surface area contributed by atoms with Crippen molar-refractivity contribution in [3.63, 3.8) is 0 Å². The van der Waals surface area contributed by atoms with Gasteiger partial charge in [0.2, 0.25) is 5.91 Å². The summed E-state index contributed by atoms with van der Waals surface area (Å²) < 4.78 is 0. The highest BCUT2D eigenvalue weighted by Gasteiger charge is 2.19. The van der Waals surface area contributed by atoms with Gasteiger partial charge in [0, 0.05) is 18.0 Å². The molecule has 0 bridgehead atoms. The Morgan fingerprint density at radius 2 is 1.95 bits per heavy atom. The molecular formula is C16H23ClN2O. The highest BCUT2D eigenvalue weighted by molar-refractivity contribution is 6.30. The summed E-state index contributed by atoms with van der Waals surface area (Å²) in [5.74, 6) is 0.746. The second-order valence-electron chi connectivity index (χ2n) is 5.68. The van der Waals surface area contributed by atoms with E-state index in [4.69, 9.17) is 11.6 Å². The molecule has 1 saturated heterocycles. The smallest absolute Gasteiger partial charge is 0.220 e. The number of hydrogen-bond donors (Lipinski definition) is 1. The van der Waals surface area contributed by atoms with Crippen LogP contribution in [0.5, 0.6) is 0 Å². The van der Waals surface area contributed by atoms with Crippen molar-refractivity contribution >= 4 is 17.5 Å². The van der Waals surface area contributed by atoms with Crippen molar-refractivity contribution in [3.8, 4) is 0 Å². The van der Waals surface area contributed by atoms with Crippen molar-refractivity contribution in [2.45, 2.75) is 25.7 Å². The number of hydrogen-bond acceptors (Lipinski definition) is 2. The van der Waals surface area contributed by atoms with E-state index in [-0.39, 0.29) is 5.91 Å². The first kappa shape index (κ1) is 15.3. The van der Waals surface area contributed by atoms with Crippen LogP contribution in [0.3, 0.4) is 0 Å². The predicted molar refractivity (Wildman–Crippen MR) is 83.0 cm³/mol. The summed E-state index contributed by atoms with van der Waals surface area (Å²) in [7, 11) is 2.14. The molecule has 4 heteroatoms. The van der Waals surface area contributed by atoms with Crippen LogP contribution in [-0.4, -0.2) is 37.5 Å². The van der Waals surface area contributed by atoms with Crippen LogP contribution < -0.4 is 5.32 Å². The lowest BCUT2D eigenvalue weighted by Gasteiger charge is -2.28. The normalized spacial score (nSPS) is 17.1. The zero-order valence-corrected chi connectivity index (χ0v) is 12.8. The van der Waals surface area contributed by atoms with Gasteiger partial charge in [0.25, 0.3) is 0 Å². The molecule has 1 heterocycles. The van der Waals surface area contributed by atoms with Gasteiger partial charge in [-0.2, -0.15) is 0 Å². The summed E-state index contributed by atoms with van der Waals surface area (Å²) in [6.45, 7) is 2.93. The van der Waals surface area contributed by atoms with E-state index in [0.29, 0.717) is 18.9 Å². The molecule has 1 aromatic rings. The van der Waals surface area contributed by atoms with E-state index in [9.17, 15) is 4.79 Å². The van der Waals surface area contributed by atoms with Crippen molar-refractivity contribution in [2.75, 3.05) is 26.7 Å². The molecule has 110 valence electrons. The number of nitrogens with zero attached hydrogens (tertiary/aromatic N) is 1. The third-order valence-electron chi connectivity index (χ3n) is 3.96. The highest BCUT2D eigenvalue weighted by atomic mass is 35.5. The van der Waals surface area contributed by atoms with Crippen LogP contribution in [0, 0.1) is 5.92 Å². The fourth-order valence-electron chi connectivity index (χ4n) is 2.60. The van der Waals surface area contributed by atoms with Crippen molar-refractivity contribution < 1.29 is 4.79 Å². The topological polar surface area (TPSA) is 32.3 Å². The number of carbonyl (C=O) groups excluding carboxylic acids is 1. The van der Waals surface area contributed by atoms with E-state index in [1.54, 1.807) is 0 Å². The number of piperidine rings is 1. The lowest BCUT2D eigenvalue weighted by Crippen LogP contribution is -2.34. The predicted octanol–water partition coefficient (Wildman–Crippen LogP) is 2.73. The fraction of sp³-hybridized carbons (Fsp3) is 0.562. The molecule has 0 aliphatic carbocycles. The quantitative estimate of drug-likeness (QED) is 0.906. The molecule has 20 heavy (non-hydrogen) atoms. The molecule has 1 amide bonds. The van der Waals surface area contributed by atoms with E-state index in [1.807, 2.05) is 24.3 Å². The van der Waals surface area contributed by atoms with E-state index in [1.165, 1.54) is 5.56 Å². The Hall–Kier alpha value is -1.06. The number of amides is 1. The maximum Gasteiger partial charge on any atom is 0.220 e. The van der Waals surface area contributed by atoms with Gasteiger partial charge in [0.15, 0.2) is 0 Å². The summed E-state index contributed by atoms with van der Waals surface area (Å²) >= 11 is 5.84. The molecule has 1 fully saturated rings. The first-order chi connectivity index (χ1) is 9.63. The van der Waals surface area contributed by atoms with E-state index < -0.39 is 0 Å². The molecule has 1 N–H and O–H groups in total. The van der Waals surface area contributed by atoms with Gasteiger partial charge in [-0.15, -0.1) is 0 Å². The van der Waals surface area contributed by atoms with Gasteiger partial charge in [-0.25, -0.2) is 0 Å². The highest BCUT2D eigenvalue weighted by Crippen LogP contribution is 2.19. The van der Waals surface area contributed by atoms with Gasteiger partial charge in [-0.3, -0.25) is 4.79 Å². The monoisotopic (exact) mass is 294 g/mol. The fourth-order valence-corrected chi connectivity index (χ4v) is 2.72. The molecule has 1 aliphatic rings. The molecule has 0 aromatic heterocycles. The molecule has 0 radical (unpaired) electrons. The van der Waals surface area contributed by atoms with Crippen LogP contribution in [0.25, 0.3) is 0 Å². The average Bonchev–Trinajstić information content (AvgIpc) is 2.44.